The van der Waals surface area contributed by atoms with Gasteiger partial charge in [-0.3, -0.25) is 18.5 Å². The standard InChI is InChI=1S/C20H16N2O5S2/c23-20(21-24)19(13-6-2-1-3-7-13)22(29(25)26)14-10-11-16-18(12-14)28-17-9-5-4-8-15(17)27-16/h1-12,19,24H,(H,21,23)(H,25,26)/p-1. The number of fused-ring (bicyclic) bond motifs is 2. The average Bonchev–Trinajstić information content (AvgIpc) is 2.75. The Morgan fingerprint density at radius 2 is 1.72 bits per heavy atom. The molecule has 0 spiro atoms. The van der Waals surface area contributed by atoms with E-state index >= 15 is 0 Å². The molecule has 7 nitrogen and oxygen atoms in total. The molecule has 1 amide bonds. The third-order valence-electron chi connectivity index (χ3n) is 4.34. The lowest BCUT2D eigenvalue weighted by molar-refractivity contribution is -0.130. The summed E-state index contributed by atoms with van der Waals surface area (Å²) in [5.74, 6) is 0.452. The molecule has 1 heterocycles. The molecule has 0 radical (unpaired) electrons. The Bertz CT molecular complexity index is 1080. The molecule has 0 aliphatic carbocycles. The van der Waals surface area contributed by atoms with Gasteiger partial charge < -0.3 is 9.29 Å². The molecular formula is C20H15N2O5S2-. The number of ether oxygens (including phenoxy) is 1. The third-order valence-corrected chi connectivity index (χ3v) is 6.18. The summed E-state index contributed by atoms with van der Waals surface area (Å²) in [6.45, 7) is 0. The maximum atomic E-state index is 12.4. The number of carbonyl (C=O) groups is 1. The number of hydrogen-bond acceptors (Lipinski definition) is 6. The van der Waals surface area contributed by atoms with E-state index in [1.54, 1.807) is 54.0 Å². The van der Waals surface area contributed by atoms with Gasteiger partial charge >= 0.3 is 0 Å². The summed E-state index contributed by atoms with van der Waals surface area (Å²) in [7, 11) is 0. The Labute approximate surface area is 173 Å². The van der Waals surface area contributed by atoms with E-state index in [9.17, 15) is 18.8 Å². The third kappa shape index (κ3) is 3.85. The molecule has 4 rings (SSSR count). The average molecular weight is 427 g/mol. The van der Waals surface area contributed by atoms with E-state index in [1.165, 1.54) is 11.8 Å². The van der Waals surface area contributed by atoms with Crippen molar-refractivity contribution in [3.8, 4) is 11.5 Å². The largest absolute Gasteiger partial charge is 0.755 e. The monoisotopic (exact) mass is 427 g/mol. The van der Waals surface area contributed by atoms with Crippen molar-refractivity contribution in [3.05, 3.63) is 78.4 Å². The Kier molecular flexibility index (Phi) is 5.54. The first-order chi connectivity index (χ1) is 14.1. The highest BCUT2D eigenvalue weighted by atomic mass is 32.2. The van der Waals surface area contributed by atoms with E-state index in [0.717, 1.165) is 15.0 Å². The lowest BCUT2D eigenvalue weighted by Crippen LogP contribution is -2.40. The van der Waals surface area contributed by atoms with E-state index in [2.05, 4.69) is 0 Å². The smallest absolute Gasteiger partial charge is 0.271 e. The van der Waals surface area contributed by atoms with Gasteiger partial charge in [0.1, 0.15) is 17.5 Å². The van der Waals surface area contributed by atoms with Crippen LogP contribution in [0.4, 0.5) is 5.69 Å². The first kappa shape index (κ1) is 19.5. The number of hydrogen-bond donors (Lipinski definition) is 2. The summed E-state index contributed by atoms with van der Waals surface area (Å²) < 4.78 is 31.0. The quantitative estimate of drug-likeness (QED) is 0.285. The van der Waals surface area contributed by atoms with Gasteiger partial charge in [0, 0.05) is 11.3 Å². The van der Waals surface area contributed by atoms with Gasteiger partial charge in [-0.2, -0.15) is 0 Å². The van der Waals surface area contributed by atoms with E-state index in [0.29, 0.717) is 16.2 Å². The van der Waals surface area contributed by atoms with Crippen LogP contribution in [0, 0.1) is 0 Å². The molecule has 9 heteroatoms. The maximum Gasteiger partial charge on any atom is 0.271 e. The molecule has 3 aromatic rings. The predicted molar refractivity (Wildman–Crippen MR) is 108 cm³/mol. The van der Waals surface area contributed by atoms with Crippen molar-refractivity contribution in [2.75, 3.05) is 4.31 Å². The van der Waals surface area contributed by atoms with Crippen LogP contribution in [0.25, 0.3) is 0 Å². The first-order valence-corrected chi connectivity index (χ1v) is 10.4. The van der Waals surface area contributed by atoms with Gasteiger partial charge in [0.05, 0.1) is 15.5 Å². The number of benzene rings is 3. The van der Waals surface area contributed by atoms with Crippen LogP contribution in [0.1, 0.15) is 11.6 Å². The number of hydroxylamine groups is 1. The van der Waals surface area contributed by atoms with E-state index < -0.39 is 23.2 Å². The van der Waals surface area contributed by atoms with Crippen LogP contribution in [0.5, 0.6) is 11.5 Å². The van der Waals surface area contributed by atoms with Crippen LogP contribution >= 0.6 is 11.8 Å². The molecule has 2 N–H and O–H groups in total. The SMILES string of the molecule is O=C(NO)C(c1ccccc1)N(c1ccc2c(c1)Sc1ccccc1O2)S(=O)[O-]. The molecule has 2 unspecified atom stereocenters. The van der Waals surface area contributed by atoms with Gasteiger partial charge in [0.25, 0.3) is 5.91 Å². The van der Waals surface area contributed by atoms with Gasteiger partial charge in [-0.1, -0.05) is 54.2 Å². The van der Waals surface area contributed by atoms with Crippen LogP contribution in [0.3, 0.4) is 0 Å². The van der Waals surface area contributed by atoms with Gasteiger partial charge in [-0.25, -0.2) is 5.48 Å². The predicted octanol–water partition coefficient (Wildman–Crippen LogP) is 3.79. The molecule has 29 heavy (non-hydrogen) atoms. The number of carbonyl (C=O) groups excluding carboxylic acids is 1. The summed E-state index contributed by atoms with van der Waals surface area (Å²) >= 11 is -1.35. The zero-order valence-corrected chi connectivity index (χ0v) is 16.5. The second-order valence-corrected chi connectivity index (χ2v) is 8.03. The fraction of sp³-hybridized carbons (Fsp3) is 0.0500. The first-order valence-electron chi connectivity index (χ1n) is 8.55. The fourth-order valence-electron chi connectivity index (χ4n) is 3.06. The zero-order chi connectivity index (χ0) is 20.4. The highest BCUT2D eigenvalue weighted by Crippen LogP contribution is 2.48. The molecule has 0 aromatic heterocycles. The minimum Gasteiger partial charge on any atom is -0.755 e. The van der Waals surface area contributed by atoms with Crippen molar-refractivity contribution in [3.63, 3.8) is 0 Å². The van der Waals surface area contributed by atoms with E-state index in [1.807, 2.05) is 24.3 Å². The summed E-state index contributed by atoms with van der Waals surface area (Å²) in [6, 6.07) is 19.5. The van der Waals surface area contributed by atoms with Crippen LogP contribution in [-0.2, 0) is 16.1 Å². The topological polar surface area (TPSA) is 102 Å². The Morgan fingerprint density at radius 3 is 2.45 bits per heavy atom. The van der Waals surface area contributed by atoms with Gasteiger partial charge in [-0.05, 0) is 35.9 Å². The van der Waals surface area contributed by atoms with Crippen molar-refractivity contribution < 1.29 is 23.5 Å². The number of nitrogens with one attached hydrogen (secondary N) is 1. The van der Waals surface area contributed by atoms with Gasteiger partial charge in [-0.15, -0.1) is 0 Å². The summed E-state index contributed by atoms with van der Waals surface area (Å²) in [6.07, 6.45) is 0. The lowest BCUT2D eigenvalue weighted by Gasteiger charge is -2.34. The molecule has 0 bridgehead atoms. The second kappa shape index (κ2) is 8.26. The molecule has 3 aromatic carbocycles. The van der Waals surface area contributed by atoms with Gasteiger partial charge in [0.2, 0.25) is 0 Å². The van der Waals surface area contributed by atoms with Crippen LogP contribution in [-0.4, -0.2) is 19.9 Å². The van der Waals surface area contributed by atoms with Crippen LogP contribution in [0.15, 0.2) is 82.6 Å². The summed E-state index contributed by atoms with van der Waals surface area (Å²) in [5.41, 5.74) is 2.24. The normalized spacial score (nSPS) is 14.0. The summed E-state index contributed by atoms with van der Waals surface area (Å²) in [5, 5.41) is 9.19. The van der Waals surface area contributed by atoms with Crippen LogP contribution < -0.4 is 14.5 Å². The van der Waals surface area contributed by atoms with Gasteiger partial charge in [0.15, 0.2) is 0 Å². The second-order valence-electron chi connectivity index (χ2n) is 6.11. The van der Waals surface area contributed by atoms with Crippen molar-refractivity contribution >= 4 is 34.6 Å². The highest BCUT2D eigenvalue weighted by molar-refractivity contribution is 7.99. The lowest BCUT2D eigenvalue weighted by atomic mass is 10.1. The number of rotatable bonds is 5. The number of nitrogens with zero attached hydrogens (tertiary/aromatic N) is 1. The minimum absolute atomic E-state index is 0.269. The molecule has 2 atom stereocenters. The molecule has 148 valence electrons. The number of anilines is 1. The van der Waals surface area contributed by atoms with Crippen LogP contribution in [0.2, 0.25) is 0 Å². The molecule has 1 aliphatic rings. The van der Waals surface area contributed by atoms with Crippen molar-refractivity contribution in [1.82, 2.24) is 5.48 Å². The molecule has 0 saturated carbocycles. The van der Waals surface area contributed by atoms with Crippen molar-refractivity contribution in [2.45, 2.75) is 15.8 Å². The van der Waals surface area contributed by atoms with Crippen molar-refractivity contribution in [1.29, 1.82) is 0 Å². The van der Waals surface area contributed by atoms with E-state index in [-0.39, 0.29) is 5.69 Å². The maximum absolute atomic E-state index is 12.4. The minimum atomic E-state index is -2.79. The Balaban J connectivity index is 1.76. The number of amides is 1. The molecule has 0 saturated heterocycles. The van der Waals surface area contributed by atoms with E-state index in [4.69, 9.17) is 4.74 Å². The summed E-state index contributed by atoms with van der Waals surface area (Å²) in [4.78, 5) is 14.0. The highest BCUT2D eigenvalue weighted by Gasteiger charge is 2.30. The van der Waals surface area contributed by atoms with Crippen molar-refractivity contribution in [2.24, 2.45) is 0 Å². The Morgan fingerprint density at radius 1 is 1.03 bits per heavy atom. The molecule has 0 fully saturated rings. The number of para-hydroxylation sites is 1. The fourth-order valence-corrected chi connectivity index (χ4v) is 4.72. The zero-order valence-electron chi connectivity index (χ0n) is 14.8. The Hall–Kier alpha value is -2.85. The molecule has 1 aliphatic heterocycles. The molecular weight excluding hydrogens is 412 g/mol.